The van der Waals surface area contributed by atoms with Gasteiger partial charge in [-0.2, -0.15) is 0 Å². The molecule has 0 radical (unpaired) electrons. The lowest BCUT2D eigenvalue weighted by molar-refractivity contribution is -0.128. The summed E-state index contributed by atoms with van der Waals surface area (Å²) in [5.41, 5.74) is 2.09. The largest absolute Gasteiger partial charge is 0.485 e. The summed E-state index contributed by atoms with van der Waals surface area (Å²) in [5.74, 6) is 1.76. The molecule has 0 saturated carbocycles. The van der Waals surface area contributed by atoms with E-state index in [-0.39, 0.29) is 24.3 Å². The molecule has 7 nitrogen and oxygen atoms in total. The number of carbonyl (C=O) groups is 1. The molecular weight excluding hydrogens is 450 g/mol. The molecule has 3 aromatic carbocycles. The maximum atomic E-state index is 13.1. The van der Waals surface area contributed by atoms with Crippen LogP contribution in [0.25, 0.3) is 0 Å². The Kier molecular flexibility index (Phi) is 6.49. The van der Waals surface area contributed by atoms with Gasteiger partial charge in [0, 0.05) is 7.05 Å². The van der Waals surface area contributed by atoms with Crippen molar-refractivity contribution in [3.8, 4) is 11.5 Å². The van der Waals surface area contributed by atoms with E-state index >= 15 is 0 Å². The Labute approximate surface area is 201 Å². The molecule has 0 bridgehead atoms. The summed E-state index contributed by atoms with van der Waals surface area (Å²) in [6.07, 6.45) is -0.490. The number of benzene rings is 3. The lowest BCUT2D eigenvalue weighted by Crippen LogP contribution is -2.33. The lowest BCUT2D eigenvalue weighted by atomic mass is 9.97. The molecule has 172 valence electrons. The molecule has 5 rings (SSSR count). The second-order valence-electron chi connectivity index (χ2n) is 7.79. The summed E-state index contributed by atoms with van der Waals surface area (Å²) in [6.45, 7) is 0.279. The first-order chi connectivity index (χ1) is 16.7. The van der Waals surface area contributed by atoms with E-state index in [4.69, 9.17) is 13.9 Å². The van der Waals surface area contributed by atoms with Crippen LogP contribution >= 0.6 is 11.8 Å². The van der Waals surface area contributed by atoms with Crippen molar-refractivity contribution >= 4 is 17.7 Å². The highest BCUT2D eigenvalue weighted by atomic mass is 32.2. The average molecular weight is 474 g/mol. The van der Waals surface area contributed by atoms with E-state index in [2.05, 4.69) is 10.2 Å². The molecule has 1 amide bonds. The summed E-state index contributed by atoms with van der Waals surface area (Å²) in [5, 5.41) is 8.49. The zero-order valence-electron chi connectivity index (χ0n) is 18.5. The van der Waals surface area contributed by atoms with Gasteiger partial charge < -0.3 is 18.8 Å². The zero-order chi connectivity index (χ0) is 23.3. The fraction of sp³-hybridized carbons (Fsp3) is 0.192. The number of ether oxygens (including phenoxy) is 2. The van der Waals surface area contributed by atoms with Crippen molar-refractivity contribution in [2.24, 2.45) is 0 Å². The molecular formula is C26H23N3O4S. The van der Waals surface area contributed by atoms with E-state index in [0.29, 0.717) is 22.6 Å². The number of hydrogen-bond acceptors (Lipinski definition) is 7. The normalized spacial score (nSPS) is 14.7. The number of hydrogen-bond donors (Lipinski definition) is 0. The van der Waals surface area contributed by atoms with Gasteiger partial charge in [-0.15, -0.1) is 10.2 Å². The highest BCUT2D eigenvalue weighted by Crippen LogP contribution is 2.36. The number of amides is 1. The van der Waals surface area contributed by atoms with Crippen LogP contribution in [0.15, 0.2) is 94.6 Å². The highest BCUT2D eigenvalue weighted by Gasteiger charge is 2.28. The summed E-state index contributed by atoms with van der Waals surface area (Å²) in [4.78, 5) is 14.9. The Hall–Kier alpha value is -3.78. The summed E-state index contributed by atoms with van der Waals surface area (Å²) < 4.78 is 17.4. The Morgan fingerprint density at radius 2 is 1.56 bits per heavy atom. The number of para-hydroxylation sites is 2. The first kappa shape index (κ1) is 22.0. The molecule has 1 unspecified atom stereocenters. The molecule has 1 aliphatic heterocycles. The molecule has 1 aliphatic rings. The molecule has 4 aromatic rings. The first-order valence-electron chi connectivity index (χ1n) is 10.9. The van der Waals surface area contributed by atoms with E-state index in [1.807, 2.05) is 92.0 Å². The summed E-state index contributed by atoms with van der Waals surface area (Å²) >= 11 is 1.21. The predicted molar refractivity (Wildman–Crippen MR) is 128 cm³/mol. The molecule has 8 heteroatoms. The van der Waals surface area contributed by atoms with Crippen LogP contribution in [0.4, 0.5) is 0 Å². The Morgan fingerprint density at radius 1 is 0.941 bits per heavy atom. The van der Waals surface area contributed by atoms with Crippen LogP contribution in [0.1, 0.15) is 29.2 Å². The van der Waals surface area contributed by atoms with E-state index in [0.717, 1.165) is 11.1 Å². The van der Waals surface area contributed by atoms with Crippen LogP contribution in [0.3, 0.4) is 0 Å². The van der Waals surface area contributed by atoms with Crippen LogP contribution in [-0.4, -0.2) is 40.4 Å². The molecule has 1 atom stereocenters. The van der Waals surface area contributed by atoms with Crippen molar-refractivity contribution in [2.75, 3.05) is 19.4 Å². The number of carbonyl (C=O) groups excluding carboxylic acids is 1. The molecule has 0 aliphatic carbocycles. The van der Waals surface area contributed by atoms with Crippen LogP contribution in [0.5, 0.6) is 11.5 Å². The van der Waals surface area contributed by atoms with Gasteiger partial charge >= 0.3 is 0 Å². The van der Waals surface area contributed by atoms with Gasteiger partial charge in [-0.25, -0.2) is 0 Å². The predicted octanol–water partition coefficient (Wildman–Crippen LogP) is 4.92. The summed E-state index contributed by atoms with van der Waals surface area (Å²) in [6, 6.07) is 27.2. The van der Waals surface area contributed by atoms with Crippen molar-refractivity contribution < 1.29 is 18.7 Å². The summed E-state index contributed by atoms with van der Waals surface area (Å²) in [7, 11) is 1.82. The van der Waals surface area contributed by atoms with Gasteiger partial charge in [0.2, 0.25) is 12.0 Å². The van der Waals surface area contributed by atoms with Gasteiger partial charge in [-0.1, -0.05) is 84.6 Å². The maximum Gasteiger partial charge on any atom is 0.277 e. The second-order valence-corrected chi connectivity index (χ2v) is 8.71. The third-order valence-corrected chi connectivity index (χ3v) is 6.34. The van der Waals surface area contributed by atoms with Gasteiger partial charge in [0.05, 0.1) is 11.8 Å². The van der Waals surface area contributed by atoms with E-state index in [9.17, 15) is 4.79 Å². The SMILES string of the molecule is CN(C(=O)CSc1nnc(C2COc3ccccc3O2)o1)C(c1ccccc1)c1ccccc1. The van der Waals surface area contributed by atoms with Crippen molar-refractivity contribution in [3.63, 3.8) is 0 Å². The Balaban J connectivity index is 1.25. The maximum absolute atomic E-state index is 13.1. The van der Waals surface area contributed by atoms with Crippen LogP contribution in [0.2, 0.25) is 0 Å². The van der Waals surface area contributed by atoms with Crippen LogP contribution in [-0.2, 0) is 4.79 Å². The average Bonchev–Trinajstić information content (AvgIpc) is 3.37. The minimum atomic E-state index is -0.490. The number of thioether (sulfide) groups is 1. The molecule has 34 heavy (non-hydrogen) atoms. The third kappa shape index (κ3) is 4.77. The number of fused-ring (bicyclic) bond motifs is 1. The van der Waals surface area contributed by atoms with Crippen LogP contribution in [0, 0.1) is 0 Å². The van der Waals surface area contributed by atoms with Crippen molar-refractivity contribution in [2.45, 2.75) is 17.4 Å². The lowest BCUT2D eigenvalue weighted by Gasteiger charge is -2.29. The minimum Gasteiger partial charge on any atom is -0.485 e. The fourth-order valence-corrected chi connectivity index (χ4v) is 4.52. The van der Waals surface area contributed by atoms with Gasteiger partial charge in [0.1, 0.15) is 6.61 Å². The Morgan fingerprint density at radius 3 is 2.24 bits per heavy atom. The highest BCUT2D eigenvalue weighted by molar-refractivity contribution is 7.99. The molecule has 0 N–H and O–H groups in total. The molecule has 0 fully saturated rings. The zero-order valence-corrected chi connectivity index (χ0v) is 19.4. The van der Waals surface area contributed by atoms with Crippen molar-refractivity contribution in [1.29, 1.82) is 0 Å². The van der Waals surface area contributed by atoms with Gasteiger partial charge in [0.15, 0.2) is 11.5 Å². The van der Waals surface area contributed by atoms with Gasteiger partial charge in [-0.3, -0.25) is 4.79 Å². The third-order valence-electron chi connectivity index (χ3n) is 5.54. The van der Waals surface area contributed by atoms with Crippen molar-refractivity contribution in [3.05, 3.63) is 102 Å². The Bertz CT molecular complexity index is 1210. The topological polar surface area (TPSA) is 77.7 Å². The molecule has 0 saturated heterocycles. The molecule has 0 spiro atoms. The van der Waals surface area contributed by atoms with Crippen LogP contribution < -0.4 is 9.47 Å². The van der Waals surface area contributed by atoms with Crippen molar-refractivity contribution in [1.82, 2.24) is 15.1 Å². The monoisotopic (exact) mass is 473 g/mol. The van der Waals surface area contributed by atoms with E-state index in [1.54, 1.807) is 4.90 Å². The van der Waals surface area contributed by atoms with Gasteiger partial charge in [0.25, 0.3) is 11.1 Å². The number of aromatic nitrogens is 2. The number of rotatable bonds is 7. The quantitative estimate of drug-likeness (QED) is 0.353. The van der Waals surface area contributed by atoms with Gasteiger partial charge in [-0.05, 0) is 23.3 Å². The number of nitrogens with zero attached hydrogens (tertiary/aromatic N) is 3. The molecule has 2 heterocycles. The minimum absolute atomic E-state index is 0.0476. The smallest absolute Gasteiger partial charge is 0.277 e. The standard InChI is InChI=1S/C26H23N3O4S/c1-29(24(18-10-4-2-5-11-18)19-12-6-3-7-13-19)23(30)17-34-26-28-27-25(33-26)22-16-31-20-14-8-9-15-21(20)32-22/h2-15,22,24H,16-17H2,1H3. The second kappa shape index (κ2) is 10.0. The van der Waals surface area contributed by atoms with E-state index < -0.39 is 6.10 Å². The fourth-order valence-electron chi connectivity index (χ4n) is 3.83. The first-order valence-corrected chi connectivity index (χ1v) is 11.9. The van der Waals surface area contributed by atoms with E-state index in [1.165, 1.54) is 11.8 Å². The molecule has 1 aromatic heterocycles.